The van der Waals surface area contributed by atoms with Crippen molar-refractivity contribution in [3.8, 4) is 6.07 Å². The number of rotatable bonds is 4. The quantitative estimate of drug-likeness (QED) is 0.901. The smallest absolute Gasteiger partial charge is 0.254 e. The van der Waals surface area contributed by atoms with Crippen molar-refractivity contribution in [3.05, 3.63) is 65.2 Å². The van der Waals surface area contributed by atoms with Gasteiger partial charge in [-0.3, -0.25) is 4.79 Å². The van der Waals surface area contributed by atoms with Gasteiger partial charge in [-0.25, -0.2) is 0 Å². The summed E-state index contributed by atoms with van der Waals surface area (Å²) in [7, 11) is 0. The van der Waals surface area contributed by atoms with Crippen molar-refractivity contribution in [1.82, 2.24) is 4.90 Å². The number of anilines is 1. The van der Waals surface area contributed by atoms with Crippen LogP contribution in [0.2, 0.25) is 0 Å². The molecule has 0 radical (unpaired) electrons. The van der Waals surface area contributed by atoms with Crippen molar-refractivity contribution < 1.29 is 9.90 Å². The number of hydrogen-bond donors (Lipinski definition) is 2. The number of nitrogens with one attached hydrogen (secondary N) is 1. The van der Waals surface area contributed by atoms with Crippen molar-refractivity contribution in [3.63, 3.8) is 0 Å². The lowest BCUT2D eigenvalue weighted by Crippen LogP contribution is -2.42. The predicted molar refractivity (Wildman–Crippen MR) is 96.1 cm³/mol. The Bertz CT molecular complexity index is 798. The van der Waals surface area contributed by atoms with E-state index < -0.39 is 6.10 Å². The molecule has 5 heteroatoms. The van der Waals surface area contributed by atoms with Crippen LogP contribution in [0.25, 0.3) is 0 Å². The average Bonchev–Trinajstić information content (AvgIpc) is 2.66. The van der Waals surface area contributed by atoms with Gasteiger partial charge in [-0.15, -0.1) is 0 Å². The van der Waals surface area contributed by atoms with E-state index >= 15 is 0 Å². The minimum atomic E-state index is -0.429. The molecule has 1 amide bonds. The normalized spacial score (nSPS) is 17.0. The number of carbonyl (C=O) groups excluding carboxylic acids is 1. The Balaban J connectivity index is 1.69. The first-order valence-corrected chi connectivity index (χ1v) is 8.46. The van der Waals surface area contributed by atoms with Crippen molar-refractivity contribution in [2.24, 2.45) is 0 Å². The maximum Gasteiger partial charge on any atom is 0.254 e. The second kappa shape index (κ2) is 7.82. The number of benzene rings is 2. The summed E-state index contributed by atoms with van der Waals surface area (Å²) in [6, 6.07) is 17.0. The molecule has 128 valence electrons. The van der Waals surface area contributed by atoms with Gasteiger partial charge in [0.05, 0.1) is 17.7 Å². The summed E-state index contributed by atoms with van der Waals surface area (Å²) in [4.78, 5) is 14.3. The molecule has 1 fully saturated rings. The van der Waals surface area contributed by atoms with Crippen LogP contribution >= 0.6 is 0 Å². The first kappa shape index (κ1) is 17.0. The Morgan fingerprint density at radius 2 is 2.12 bits per heavy atom. The van der Waals surface area contributed by atoms with Crippen molar-refractivity contribution in [1.29, 1.82) is 5.26 Å². The van der Waals surface area contributed by atoms with Crippen molar-refractivity contribution in [2.75, 3.05) is 18.4 Å². The van der Waals surface area contributed by atoms with E-state index in [1.165, 1.54) is 0 Å². The van der Waals surface area contributed by atoms with Crippen molar-refractivity contribution in [2.45, 2.75) is 25.5 Å². The fourth-order valence-electron chi connectivity index (χ4n) is 3.06. The Morgan fingerprint density at radius 3 is 2.92 bits per heavy atom. The van der Waals surface area contributed by atoms with Crippen LogP contribution in [-0.4, -0.2) is 35.1 Å². The van der Waals surface area contributed by atoms with Gasteiger partial charge < -0.3 is 15.3 Å². The van der Waals surface area contributed by atoms with E-state index in [4.69, 9.17) is 5.26 Å². The highest BCUT2D eigenvalue weighted by Gasteiger charge is 2.23. The number of hydrogen-bond acceptors (Lipinski definition) is 4. The first-order chi connectivity index (χ1) is 12.2. The molecule has 5 nitrogen and oxygen atoms in total. The van der Waals surface area contributed by atoms with Crippen molar-refractivity contribution >= 4 is 11.6 Å². The highest BCUT2D eigenvalue weighted by Crippen LogP contribution is 2.18. The molecular weight excluding hydrogens is 314 g/mol. The highest BCUT2D eigenvalue weighted by molar-refractivity contribution is 5.95. The summed E-state index contributed by atoms with van der Waals surface area (Å²) < 4.78 is 0. The van der Waals surface area contributed by atoms with E-state index in [-0.39, 0.29) is 5.91 Å². The molecule has 0 aliphatic carbocycles. The number of piperidine rings is 1. The highest BCUT2D eigenvalue weighted by atomic mass is 16.3. The lowest BCUT2D eigenvalue weighted by Gasteiger charge is -2.30. The molecule has 0 saturated carbocycles. The number of β-amino-alcohol motifs (C(OH)–C–C–N with tert-alkyl or cyclic N) is 1. The molecule has 1 aliphatic heterocycles. The standard InChI is InChI=1S/C20H21N3O2/c21-12-16-5-1-2-6-17(16)13-22-18-8-3-7-15(11-18)20(25)23-10-4-9-19(24)14-23/h1-3,5-8,11,19,22,24H,4,9-10,13-14H2. The number of amides is 1. The summed E-state index contributed by atoms with van der Waals surface area (Å²) in [5.41, 5.74) is 2.99. The zero-order chi connectivity index (χ0) is 17.6. The summed E-state index contributed by atoms with van der Waals surface area (Å²) in [6.07, 6.45) is 1.15. The van der Waals surface area contributed by atoms with Gasteiger partial charge in [0.25, 0.3) is 5.91 Å². The van der Waals surface area contributed by atoms with Gasteiger partial charge in [-0.05, 0) is 42.7 Å². The second-order valence-corrected chi connectivity index (χ2v) is 6.25. The molecule has 1 heterocycles. The summed E-state index contributed by atoms with van der Waals surface area (Å²) in [6.45, 7) is 1.60. The van der Waals surface area contributed by atoms with Gasteiger partial charge in [0.1, 0.15) is 0 Å². The van der Waals surface area contributed by atoms with E-state index in [2.05, 4.69) is 11.4 Å². The van der Waals surface area contributed by atoms with Crippen LogP contribution in [0.1, 0.15) is 34.3 Å². The van der Waals surface area contributed by atoms with Gasteiger partial charge >= 0.3 is 0 Å². The van der Waals surface area contributed by atoms with Gasteiger partial charge in [-0.1, -0.05) is 24.3 Å². The van der Waals surface area contributed by atoms with Gasteiger partial charge in [0.15, 0.2) is 0 Å². The summed E-state index contributed by atoms with van der Waals surface area (Å²) in [5, 5.41) is 22.2. The van der Waals surface area contributed by atoms with Crippen LogP contribution in [0.5, 0.6) is 0 Å². The fourth-order valence-corrected chi connectivity index (χ4v) is 3.06. The Labute approximate surface area is 147 Å². The number of nitrogens with zero attached hydrogens (tertiary/aromatic N) is 2. The van der Waals surface area contributed by atoms with Crippen LogP contribution in [0, 0.1) is 11.3 Å². The maximum atomic E-state index is 12.6. The number of aliphatic hydroxyl groups excluding tert-OH is 1. The minimum absolute atomic E-state index is 0.0557. The van der Waals surface area contributed by atoms with Crippen LogP contribution in [-0.2, 0) is 6.54 Å². The molecule has 1 saturated heterocycles. The SMILES string of the molecule is N#Cc1ccccc1CNc1cccc(C(=O)N2CCCC(O)C2)c1. The Hall–Kier alpha value is -2.84. The molecule has 1 aliphatic rings. The van der Waals surface area contributed by atoms with Crippen LogP contribution in [0.15, 0.2) is 48.5 Å². The second-order valence-electron chi connectivity index (χ2n) is 6.25. The lowest BCUT2D eigenvalue weighted by atomic mass is 10.1. The largest absolute Gasteiger partial charge is 0.391 e. The lowest BCUT2D eigenvalue weighted by molar-refractivity contribution is 0.0474. The Kier molecular flexibility index (Phi) is 5.32. The molecule has 2 aromatic carbocycles. The predicted octanol–water partition coefficient (Wildman–Crippen LogP) is 2.77. The molecule has 0 bridgehead atoms. The maximum absolute atomic E-state index is 12.6. The molecule has 0 spiro atoms. The fraction of sp³-hybridized carbons (Fsp3) is 0.300. The molecule has 2 aromatic rings. The van der Waals surface area contributed by atoms with Gasteiger partial charge in [0.2, 0.25) is 0 Å². The topological polar surface area (TPSA) is 76.4 Å². The van der Waals surface area contributed by atoms with E-state index in [0.29, 0.717) is 30.8 Å². The number of aliphatic hydroxyl groups is 1. The number of carbonyl (C=O) groups is 1. The van der Waals surface area contributed by atoms with Crippen LogP contribution in [0.3, 0.4) is 0 Å². The molecule has 1 atom stereocenters. The zero-order valence-electron chi connectivity index (χ0n) is 14.0. The molecule has 3 rings (SSSR count). The zero-order valence-corrected chi connectivity index (χ0v) is 14.0. The van der Waals surface area contributed by atoms with E-state index in [1.54, 1.807) is 17.0 Å². The summed E-state index contributed by atoms with van der Waals surface area (Å²) >= 11 is 0. The summed E-state index contributed by atoms with van der Waals surface area (Å²) in [5.74, 6) is -0.0557. The third-order valence-corrected chi connectivity index (χ3v) is 4.41. The van der Waals surface area contributed by atoms with Gasteiger partial charge in [0, 0.05) is 30.9 Å². The number of likely N-dealkylation sites (tertiary alicyclic amines) is 1. The Morgan fingerprint density at radius 1 is 1.28 bits per heavy atom. The minimum Gasteiger partial charge on any atom is -0.391 e. The third-order valence-electron chi connectivity index (χ3n) is 4.41. The van der Waals surface area contributed by atoms with E-state index in [1.807, 2.05) is 36.4 Å². The van der Waals surface area contributed by atoms with E-state index in [9.17, 15) is 9.90 Å². The monoisotopic (exact) mass is 335 g/mol. The first-order valence-electron chi connectivity index (χ1n) is 8.46. The molecular formula is C20H21N3O2. The molecule has 0 aromatic heterocycles. The molecule has 1 unspecified atom stereocenters. The van der Waals surface area contributed by atoms with Crippen LogP contribution < -0.4 is 5.32 Å². The number of nitriles is 1. The van der Waals surface area contributed by atoms with Crippen LogP contribution in [0.4, 0.5) is 5.69 Å². The average molecular weight is 335 g/mol. The third kappa shape index (κ3) is 4.17. The molecule has 2 N–H and O–H groups in total. The van der Waals surface area contributed by atoms with Gasteiger partial charge in [-0.2, -0.15) is 5.26 Å². The molecule has 25 heavy (non-hydrogen) atoms. The van der Waals surface area contributed by atoms with E-state index in [0.717, 1.165) is 24.1 Å².